The largest absolute Gasteiger partial charge is 0.460 e. The molecule has 24 heteroatoms. The number of aliphatic hydroxyl groups excluding tert-OH is 1. The molecular weight excluding hydrogens is 655 g/mol. The van der Waals surface area contributed by atoms with E-state index < -0.39 is 90.6 Å². The second-order valence-corrected chi connectivity index (χ2v) is 8.72. The zero-order valence-corrected chi connectivity index (χ0v) is 19.3. The third-order valence-electron chi connectivity index (χ3n) is 4.74. The van der Waals surface area contributed by atoms with Crippen molar-refractivity contribution in [1.29, 1.82) is 0 Å². The van der Waals surface area contributed by atoms with Crippen LogP contribution in [0.2, 0.25) is 0 Å². The van der Waals surface area contributed by atoms with Crippen LogP contribution in [0, 0.1) is 0 Å². The molecule has 0 rings (SSSR count). The number of rotatable bonds is 16. The predicted octanol–water partition coefficient (Wildman–Crippen LogP) is 7.40. The Hall–Kier alpha value is -1.20. The van der Waals surface area contributed by atoms with Gasteiger partial charge in [-0.05, 0) is 5.75 Å². The van der Waals surface area contributed by atoms with E-state index in [4.69, 9.17) is 5.11 Å². The maximum Gasteiger partial charge on any atom is 0.460 e. The van der Waals surface area contributed by atoms with Crippen LogP contribution < -0.4 is 0 Å². The molecule has 0 spiro atoms. The average molecular weight is 668 g/mol. The van der Waals surface area contributed by atoms with Crippen LogP contribution in [0.3, 0.4) is 0 Å². The summed E-state index contributed by atoms with van der Waals surface area (Å²) in [5.74, 6) is -78.5. The molecule has 0 amide bonds. The summed E-state index contributed by atoms with van der Waals surface area (Å²) in [7, 11) is 0. The minimum atomic E-state index is -9.17. The third kappa shape index (κ3) is 5.85. The first kappa shape index (κ1) is 38.8. The number of aliphatic hydroxyl groups is 1. The van der Waals surface area contributed by atoms with Gasteiger partial charge in [-0.25, -0.2) is 0 Å². The Morgan fingerprint density at radius 3 is 1.07 bits per heavy atom. The standard InChI is InChI=1S/C16H13F21O2S/c17-7(18,1-5-40-6-4-39-3-2-38)8(19,20)9(21,22)10(23,24)11(25,26)12(27,28)13(29,30)14(31,32)15(33,34)16(35,36)37/h38H,1-6H2. The summed E-state index contributed by atoms with van der Waals surface area (Å²) in [4.78, 5) is 0. The van der Waals surface area contributed by atoms with Gasteiger partial charge in [0.05, 0.1) is 19.8 Å². The molecule has 0 aromatic heterocycles. The van der Waals surface area contributed by atoms with Crippen molar-refractivity contribution >= 4 is 11.8 Å². The Morgan fingerprint density at radius 2 is 0.750 bits per heavy atom. The summed E-state index contributed by atoms with van der Waals surface area (Å²) >= 11 is 0.119. The first-order valence-electron chi connectivity index (χ1n) is 9.54. The first-order chi connectivity index (χ1) is 17.3. The molecule has 0 saturated carbocycles. The van der Waals surface area contributed by atoms with E-state index in [1.807, 2.05) is 0 Å². The number of ether oxygens (including phenoxy) is 1. The zero-order chi connectivity index (χ0) is 32.7. The van der Waals surface area contributed by atoms with Crippen molar-refractivity contribution < 1.29 is 102 Å². The van der Waals surface area contributed by atoms with Crippen molar-refractivity contribution in [3.8, 4) is 0 Å². The maximum absolute atomic E-state index is 13.7. The van der Waals surface area contributed by atoms with Crippen LogP contribution in [-0.4, -0.2) is 95.9 Å². The molecule has 0 saturated heterocycles. The highest BCUT2D eigenvalue weighted by molar-refractivity contribution is 7.99. The van der Waals surface area contributed by atoms with Crippen LogP contribution in [0.25, 0.3) is 0 Å². The monoisotopic (exact) mass is 668 g/mol. The van der Waals surface area contributed by atoms with Gasteiger partial charge in [-0.15, -0.1) is 0 Å². The minimum absolute atomic E-state index is 0.119. The third-order valence-corrected chi connectivity index (χ3v) is 5.69. The van der Waals surface area contributed by atoms with Crippen LogP contribution in [0.5, 0.6) is 0 Å². The van der Waals surface area contributed by atoms with E-state index in [1.54, 1.807) is 0 Å². The molecule has 0 aromatic rings. The molecule has 0 aromatic carbocycles. The molecule has 0 aliphatic heterocycles. The van der Waals surface area contributed by atoms with Gasteiger partial charge in [0.1, 0.15) is 0 Å². The van der Waals surface area contributed by atoms with Crippen molar-refractivity contribution in [3.05, 3.63) is 0 Å². The van der Waals surface area contributed by atoms with Gasteiger partial charge < -0.3 is 9.84 Å². The molecule has 0 radical (unpaired) electrons. The second kappa shape index (κ2) is 11.5. The molecule has 242 valence electrons. The Kier molecular flexibility index (Phi) is 11.1. The van der Waals surface area contributed by atoms with Crippen molar-refractivity contribution in [1.82, 2.24) is 0 Å². The lowest BCUT2D eigenvalue weighted by Crippen LogP contribution is -2.76. The van der Waals surface area contributed by atoms with E-state index in [9.17, 15) is 92.2 Å². The topological polar surface area (TPSA) is 29.5 Å². The van der Waals surface area contributed by atoms with Crippen LogP contribution in [0.15, 0.2) is 0 Å². The highest BCUT2D eigenvalue weighted by atomic mass is 32.2. The van der Waals surface area contributed by atoms with Crippen LogP contribution >= 0.6 is 11.8 Å². The number of thioether (sulfide) groups is 1. The smallest absolute Gasteiger partial charge is 0.394 e. The van der Waals surface area contributed by atoms with E-state index in [-0.39, 0.29) is 18.4 Å². The number of hydrogen-bond donors (Lipinski definition) is 1. The SMILES string of the molecule is OCCOCCSCCC(F)(F)C(F)(F)C(F)(F)C(F)(F)C(F)(F)C(F)(F)C(F)(F)C(F)(F)C(F)(F)C(F)(F)F. The Balaban J connectivity index is 6.46. The van der Waals surface area contributed by atoms with E-state index in [1.165, 1.54) is 0 Å². The summed E-state index contributed by atoms with van der Waals surface area (Å²) in [6, 6.07) is 0. The predicted molar refractivity (Wildman–Crippen MR) is 90.4 cm³/mol. The number of alkyl halides is 21. The maximum atomic E-state index is 13.7. The highest BCUT2D eigenvalue weighted by Crippen LogP contribution is 2.66. The van der Waals surface area contributed by atoms with Gasteiger partial charge in [0.25, 0.3) is 0 Å². The summed E-state index contributed by atoms with van der Waals surface area (Å²) in [6.45, 7) is -1.32. The molecule has 0 aliphatic rings. The quantitative estimate of drug-likeness (QED) is 0.137. The Morgan fingerprint density at radius 1 is 0.425 bits per heavy atom. The lowest BCUT2D eigenvalue weighted by atomic mass is 9.86. The zero-order valence-electron chi connectivity index (χ0n) is 18.4. The fraction of sp³-hybridized carbons (Fsp3) is 1.00. The van der Waals surface area contributed by atoms with Crippen LogP contribution in [0.1, 0.15) is 6.42 Å². The van der Waals surface area contributed by atoms with Crippen molar-refractivity contribution in [2.45, 2.75) is 65.9 Å². The molecule has 0 fully saturated rings. The van der Waals surface area contributed by atoms with Crippen LogP contribution in [0.4, 0.5) is 92.2 Å². The molecule has 2 nitrogen and oxygen atoms in total. The molecule has 40 heavy (non-hydrogen) atoms. The van der Waals surface area contributed by atoms with Crippen molar-refractivity contribution in [2.24, 2.45) is 0 Å². The Labute approximate surface area is 212 Å². The summed E-state index contributed by atoms with van der Waals surface area (Å²) in [5, 5.41) is 8.36. The normalized spacial score (nSPS) is 16.1. The molecular formula is C16H13F21O2S. The molecule has 1 N–H and O–H groups in total. The number of hydrogen-bond acceptors (Lipinski definition) is 3. The molecule has 0 bridgehead atoms. The molecule has 0 heterocycles. The van der Waals surface area contributed by atoms with Gasteiger partial charge in [0, 0.05) is 12.2 Å². The van der Waals surface area contributed by atoms with E-state index in [0.29, 0.717) is 0 Å². The minimum Gasteiger partial charge on any atom is -0.394 e. The van der Waals surface area contributed by atoms with Gasteiger partial charge in [0.2, 0.25) is 0 Å². The van der Waals surface area contributed by atoms with Gasteiger partial charge in [-0.2, -0.15) is 104 Å². The highest BCUT2D eigenvalue weighted by Gasteiger charge is 2.97. The Bertz CT molecular complexity index is 837. The van der Waals surface area contributed by atoms with Crippen LogP contribution in [-0.2, 0) is 4.74 Å². The summed E-state index contributed by atoms with van der Waals surface area (Å²) in [6.07, 6.45) is -10.7. The molecule has 0 unspecified atom stereocenters. The van der Waals surface area contributed by atoms with E-state index >= 15 is 0 Å². The van der Waals surface area contributed by atoms with Gasteiger partial charge in [-0.3, -0.25) is 0 Å². The van der Waals surface area contributed by atoms with E-state index in [2.05, 4.69) is 4.74 Å². The molecule has 0 atom stereocenters. The first-order valence-corrected chi connectivity index (χ1v) is 10.7. The fourth-order valence-corrected chi connectivity index (χ4v) is 3.18. The van der Waals surface area contributed by atoms with Crippen molar-refractivity contribution in [3.63, 3.8) is 0 Å². The summed E-state index contributed by atoms with van der Waals surface area (Å²) < 4.78 is 283. The lowest BCUT2D eigenvalue weighted by Gasteiger charge is -2.44. The van der Waals surface area contributed by atoms with Gasteiger partial charge in [-0.1, -0.05) is 0 Å². The number of halogens is 21. The average Bonchev–Trinajstić information content (AvgIpc) is 2.76. The fourth-order valence-electron chi connectivity index (χ4n) is 2.33. The van der Waals surface area contributed by atoms with Gasteiger partial charge in [0.15, 0.2) is 0 Å². The second-order valence-electron chi connectivity index (χ2n) is 7.50. The van der Waals surface area contributed by atoms with Gasteiger partial charge >= 0.3 is 59.5 Å². The van der Waals surface area contributed by atoms with Crippen molar-refractivity contribution in [2.75, 3.05) is 31.3 Å². The molecule has 0 aliphatic carbocycles. The van der Waals surface area contributed by atoms with E-state index in [0.717, 1.165) is 0 Å². The summed E-state index contributed by atoms with van der Waals surface area (Å²) in [5.41, 5.74) is 0. The lowest BCUT2D eigenvalue weighted by molar-refractivity contribution is -0.474.